The molecule has 98 valence electrons. The smallest absolute Gasteiger partial charge is 0.268 e. The summed E-state index contributed by atoms with van der Waals surface area (Å²) >= 11 is 5.51. The summed E-state index contributed by atoms with van der Waals surface area (Å²) in [6, 6.07) is 16.3. The summed E-state index contributed by atoms with van der Waals surface area (Å²) in [5.74, 6) is 0.597. The highest BCUT2D eigenvalue weighted by molar-refractivity contribution is 8.13. The fourth-order valence-corrected chi connectivity index (χ4v) is 3.50. The van der Waals surface area contributed by atoms with E-state index in [2.05, 4.69) is 0 Å². The van der Waals surface area contributed by atoms with Gasteiger partial charge in [0.15, 0.2) is 0 Å². The van der Waals surface area contributed by atoms with E-state index in [9.17, 15) is 4.79 Å². The van der Waals surface area contributed by atoms with Crippen LogP contribution in [0.25, 0.3) is 0 Å². The van der Waals surface area contributed by atoms with Gasteiger partial charge in [-0.25, -0.2) is 0 Å². The van der Waals surface area contributed by atoms with Crippen molar-refractivity contribution in [2.45, 2.75) is 0 Å². The first-order chi connectivity index (χ1) is 9.18. The fourth-order valence-electron chi connectivity index (χ4n) is 1.55. The quantitative estimate of drug-likeness (QED) is 0.626. The van der Waals surface area contributed by atoms with Gasteiger partial charge in [-0.2, -0.15) is 0 Å². The molecule has 2 aromatic carbocycles. The summed E-state index contributed by atoms with van der Waals surface area (Å²) in [5, 5.41) is 0.854. The van der Waals surface area contributed by atoms with Gasteiger partial charge in [0.25, 0.3) is 6.49 Å². The molecule has 5 heteroatoms. The first kappa shape index (κ1) is 13.9. The lowest BCUT2D eigenvalue weighted by molar-refractivity contribution is 0.112. The van der Waals surface area contributed by atoms with Crippen molar-refractivity contribution in [1.29, 1.82) is 0 Å². The van der Waals surface area contributed by atoms with E-state index >= 15 is 0 Å². The molecule has 3 nitrogen and oxygen atoms in total. The molecule has 0 aliphatic rings. The molecule has 0 spiro atoms. The van der Waals surface area contributed by atoms with E-state index in [-0.39, 0.29) is 0 Å². The maximum Gasteiger partial charge on any atom is 0.268 e. The van der Waals surface area contributed by atoms with Crippen LogP contribution >= 0.6 is 6.49 Å². The lowest BCUT2D eigenvalue weighted by atomic mass is 10.2. The third kappa shape index (κ3) is 3.29. The highest BCUT2D eigenvalue weighted by atomic mass is 32.5. The van der Waals surface area contributed by atoms with Crippen molar-refractivity contribution in [3.8, 4) is 5.75 Å². The molecular formula is C14H13O3PS. The van der Waals surface area contributed by atoms with E-state index in [4.69, 9.17) is 20.9 Å². The highest BCUT2D eigenvalue weighted by Crippen LogP contribution is 2.46. The summed E-state index contributed by atoms with van der Waals surface area (Å²) in [6.45, 7) is -2.55. The molecule has 0 saturated carbocycles. The van der Waals surface area contributed by atoms with Gasteiger partial charge in [-0.05, 0) is 48.2 Å². The van der Waals surface area contributed by atoms with Crippen molar-refractivity contribution in [2.75, 3.05) is 7.11 Å². The third-order valence-electron chi connectivity index (χ3n) is 2.55. The van der Waals surface area contributed by atoms with Crippen LogP contribution in [-0.2, 0) is 16.3 Å². The van der Waals surface area contributed by atoms with Crippen molar-refractivity contribution in [2.24, 2.45) is 0 Å². The van der Waals surface area contributed by atoms with Crippen LogP contribution in [0.4, 0.5) is 0 Å². The number of hydrogen-bond donors (Lipinski definition) is 0. The zero-order chi connectivity index (χ0) is 13.7. The van der Waals surface area contributed by atoms with Crippen molar-refractivity contribution < 1.29 is 13.8 Å². The van der Waals surface area contributed by atoms with Crippen LogP contribution in [0.5, 0.6) is 5.75 Å². The van der Waals surface area contributed by atoms with Gasteiger partial charge in [-0.15, -0.1) is 0 Å². The normalized spacial score (nSPS) is 13.5. The van der Waals surface area contributed by atoms with E-state index in [0.717, 1.165) is 11.6 Å². The summed E-state index contributed by atoms with van der Waals surface area (Å²) in [4.78, 5) is 10.6. The third-order valence-corrected chi connectivity index (χ3v) is 5.72. The second kappa shape index (κ2) is 6.11. The Kier molecular flexibility index (Phi) is 4.48. The minimum atomic E-state index is -2.55. The van der Waals surface area contributed by atoms with Gasteiger partial charge in [0.2, 0.25) is 0 Å². The van der Waals surface area contributed by atoms with Crippen molar-refractivity contribution in [3.63, 3.8) is 0 Å². The minimum absolute atomic E-state index is 0.595. The van der Waals surface area contributed by atoms with Gasteiger partial charge in [0.05, 0.1) is 0 Å². The Morgan fingerprint density at radius 2 is 1.68 bits per heavy atom. The number of hydrogen-bond acceptors (Lipinski definition) is 4. The molecule has 2 rings (SSSR count). The predicted molar refractivity (Wildman–Crippen MR) is 79.8 cm³/mol. The van der Waals surface area contributed by atoms with Crippen LogP contribution in [-0.4, -0.2) is 13.4 Å². The molecular weight excluding hydrogens is 279 g/mol. The molecule has 19 heavy (non-hydrogen) atoms. The van der Waals surface area contributed by atoms with Crippen LogP contribution in [0, 0.1) is 0 Å². The van der Waals surface area contributed by atoms with E-state index < -0.39 is 6.49 Å². The predicted octanol–water partition coefficient (Wildman–Crippen LogP) is 3.16. The summed E-state index contributed by atoms with van der Waals surface area (Å²) in [6.07, 6.45) is 0.785. The Labute approximate surface area is 117 Å². The lowest BCUT2D eigenvalue weighted by Gasteiger charge is -2.21. The largest absolute Gasteiger partial charge is 0.440 e. The number of carbonyl (C=O) groups excluding carboxylic acids is 1. The summed E-state index contributed by atoms with van der Waals surface area (Å²) in [7, 11) is 1.55. The number of rotatable bonds is 5. The first-order valence-corrected chi connectivity index (χ1v) is 8.28. The van der Waals surface area contributed by atoms with E-state index in [1.807, 2.05) is 30.3 Å². The van der Waals surface area contributed by atoms with Crippen LogP contribution in [0.1, 0.15) is 10.4 Å². The summed E-state index contributed by atoms with van der Waals surface area (Å²) in [5.41, 5.74) is 0.595. The molecule has 0 aliphatic carbocycles. The van der Waals surface area contributed by atoms with Gasteiger partial charge in [0, 0.05) is 18.0 Å². The second-order valence-electron chi connectivity index (χ2n) is 3.79. The Balaban J connectivity index is 2.27. The monoisotopic (exact) mass is 292 g/mol. The Morgan fingerprint density at radius 3 is 2.21 bits per heavy atom. The molecule has 0 bridgehead atoms. The zero-order valence-corrected chi connectivity index (χ0v) is 12.1. The average Bonchev–Trinajstić information content (AvgIpc) is 2.49. The highest BCUT2D eigenvalue weighted by Gasteiger charge is 2.21. The topological polar surface area (TPSA) is 35.5 Å². The van der Waals surface area contributed by atoms with Crippen LogP contribution < -0.4 is 9.83 Å². The number of benzene rings is 2. The fraction of sp³-hybridized carbons (Fsp3) is 0.0714. The lowest BCUT2D eigenvalue weighted by Crippen LogP contribution is -2.10. The average molecular weight is 292 g/mol. The van der Waals surface area contributed by atoms with Crippen molar-refractivity contribution in [1.82, 2.24) is 0 Å². The zero-order valence-electron chi connectivity index (χ0n) is 10.4. The maximum absolute atomic E-state index is 10.6. The molecule has 0 saturated heterocycles. The Hall–Kier alpha value is -1.48. The molecule has 1 atom stereocenters. The molecule has 0 radical (unpaired) electrons. The molecule has 2 aromatic rings. The molecule has 0 aromatic heterocycles. The Morgan fingerprint density at radius 1 is 1.05 bits per heavy atom. The van der Waals surface area contributed by atoms with E-state index in [1.54, 1.807) is 31.4 Å². The number of aldehydes is 1. The standard InChI is InChI=1S/C14H13O3PS/c1-16-18(19,14-5-3-2-4-6-14)17-13-9-7-12(11-15)8-10-13/h2-11H,1H3. The maximum atomic E-state index is 10.6. The molecule has 1 unspecified atom stereocenters. The van der Waals surface area contributed by atoms with Gasteiger partial charge in [0.1, 0.15) is 12.0 Å². The second-order valence-corrected chi connectivity index (χ2v) is 7.29. The van der Waals surface area contributed by atoms with E-state index in [1.165, 1.54) is 0 Å². The van der Waals surface area contributed by atoms with Gasteiger partial charge >= 0.3 is 0 Å². The van der Waals surface area contributed by atoms with Gasteiger partial charge in [-0.3, -0.25) is 4.79 Å². The minimum Gasteiger partial charge on any atom is -0.440 e. The van der Waals surface area contributed by atoms with Gasteiger partial charge in [-0.1, -0.05) is 18.2 Å². The van der Waals surface area contributed by atoms with Crippen LogP contribution in [0.2, 0.25) is 0 Å². The van der Waals surface area contributed by atoms with E-state index in [0.29, 0.717) is 11.3 Å². The van der Waals surface area contributed by atoms with Crippen LogP contribution in [0.15, 0.2) is 54.6 Å². The Bertz CT molecular complexity index is 596. The number of carbonyl (C=O) groups is 1. The van der Waals surface area contributed by atoms with Crippen molar-refractivity contribution in [3.05, 3.63) is 60.2 Å². The molecule has 0 fully saturated rings. The molecule has 0 N–H and O–H groups in total. The SMILES string of the molecule is COP(=S)(Oc1ccc(C=O)cc1)c1ccccc1. The van der Waals surface area contributed by atoms with Crippen molar-refractivity contribution >= 4 is 29.9 Å². The molecule has 0 heterocycles. The molecule has 0 aliphatic heterocycles. The van der Waals surface area contributed by atoms with Gasteiger partial charge < -0.3 is 9.05 Å². The van der Waals surface area contributed by atoms with Crippen LogP contribution in [0.3, 0.4) is 0 Å². The first-order valence-electron chi connectivity index (χ1n) is 5.64. The molecule has 0 amide bonds. The summed E-state index contributed by atoms with van der Waals surface area (Å²) < 4.78 is 11.2.